The molecule has 0 bridgehead atoms. The molecule has 6 heteroatoms. The number of hydrazine groups is 1. The Bertz CT molecular complexity index is 876. The predicted octanol–water partition coefficient (Wildman–Crippen LogP) is 3.74. The lowest BCUT2D eigenvalue weighted by atomic mass is 9.95. The van der Waals surface area contributed by atoms with Crippen molar-refractivity contribution in [1.82, 2.24) is 9.97 Å². The Kier molecular flexibility index (Phi) is 3.96. The molecule has 0 aliphatic carbocycles. The SMILES string of the molecule is CC(C)[C@H]1Cc2c(sc3nc(-c4ccccc4)nc(NN)c23)CO1. The molecule has 0 amide bonds. The summed E-state index contributed by atoms with van der Waals surface area (Å²) in [6.45, 7) is 5.02. The van der Waals surface area contributed by atoms with Gasteiger partial charge in [0.25, 0.3) is 0 Å². The molecule has 3 N–H and O–H groups in total. The van der Waals surface area contributed by atoms with Crippen LogP contribution in [-0.4, -0.2) is 16.1 Å². The van der Waals surface area contributed by atoms with Gasteiger partial charge in [0.1, 0.15) is 4.83 Å². The van der Waals surface area contributed by atoms with Crippen molar-refractivity contribution in [2.75, 3.05) is 5.43 Å². The van der Waals surface area contributed by atoms with Crippen LogP contribution < -0.4 is 11.3 Å². The smallest absolute Gasteiger partial charge is 0.163 e. The Morgan fingerprint density at radius 1 is 1.25 bits per heavy atom. The normalized spacial score (nSPS) is 17.2. The zero-order valence-corrected chi connectivity index (χ0v) is 14.6. The number of nitrogens with one attached hydrogen (secondary N) is 1. The molecular formula is C18H20N4OS. The van der Waals surface area contributed by atoms with Gasteiger partial charge in [0.05, 0.1) is 18.1 Å². The van der Waals surface area contributed by atoms with Gasteiger partial charge < -0.3 is 10.2 Å². The van der Waals surface area contributed by atoms with Crippen LogP contribution in [0.1, 0.15) is 24.3 Å². The number of anilines is 1. The number of nitrogens with two attached hydrogens (primary N) is 1. The first-order chi connectivity index (χ1) is 11.7. The van der Waals surface area contributed by atoms with Gasteiger partial charge in [-0.05, 0) is 11.5 Å². The fourth-order valence-corrected chi connectivity index (χ4v) is 4.25. The molecule has 2 aromatic heterocycles. The first-order valence-electron chi connectivity index (χ1n) is 8.13. The molecule has 1 aromatic carbocycles. The largest absolute Gasteiger partial charge is 0.372 e. The fourth-order valence-electron chi connectivity index (χ4n) is 3.13. The molecule has 0 fully saturated rings. The Hall–Kier alpha value is -2.02. The average molecular weight is 340 g/mol. The number of nitrogen functional groups attached to an aromatic ring is 1. The topological polar surface area (TPSA) is 73.1 Å². The predicted molar refractivity (Wildman–Crippen MR) is 97.8 cm³/mol. The number of ether oxygens (including phenoxy) is 1. The summed E-state index contributed by atoms with van der Waals surface area (Å²) in [6, 6.07) is 9.97. The second kappa shape index (κ2) is 6.12. The number of rotatable bonds is 3. The van der Waals surface area contributed by atoms with Crippen LogP contribution in [0.25, 0.3) is 21.6 Å². The zero-order chi connectivity index (χ0) is 16.7. The van der Waals surface area contributed by atoms with Gasteiger partial charge in [-0.15, -0.1) is 11.3 Å². The van der Waals surface area contributed by atoms with Crippen molar-refractivity contribution < 1.29 is 4.74 Å². The third-order valence-corrected chi connectivity index (χ3v) is 5.58. The van der Waals surface area contributed by atoms with Crippen molar-refractivity contribution in [1.29, 1.82) is 0 Å². The Labute approximate surface area is 144 Å². The van der Waals surface area contributed by atoms with Crippen molar-refractivity contribution in [2.45, 2.75) is 33.0 Å². The molecule has 1 atom stereocenters. The number of nitrogens with zero attached hydrogens (tertiary/aromatic N) is 2. The molecule has 0 saturated heterocycles. The summed E-state index contributed by atoms with van der Waals surface area (Å²) >= 11 is 1.68. The highest BCUT2D eigenvalue weighted by Crippen LogP contribution is 2.40. The molecule has 124 valence electrons. The Morgan fingerprint density at radius 2 is 2.04 bits per heavy atom. The van der Waals surface area contributed by atoms with E-state index in [-0.39, 0.29) is 6.10 Å². The Balaban J connectivity index is 1.87. The number of benzene rings is 1. The molecule has 3 aromatic rings. The van der Waals surface area contributed by atoms with Crippen LogP contribution in [-0.2, 0) is 17.8 Å². The monoisotopic (exact) mass is 340 g/mol. The number of hydrogen-bond acceptors (Lipinski definition) is 6. The first kappa shape index (κ1) is 15.5. The van der Waals surface area contributed by atoms with E-state index in [9.17, 15) is 0 Å². The van der Waals surface area contributed by atoms with E-state index >= 15 is 0 Å². The van der Waals surface area contributed by atoms with Gasteiger partial charge in [-0.1, -0.05) is 44.2 Å². The highest BCUT2D eigenvalue weighted by atomic mass is 32.1. The van der Waals surface area contributed by atoms with E-state index in [2.05, 4.69) is 24.3 Å². The molecule has 0 saturated carbocycles. The maximum Gasteiger partial charge on any atom is 0.163 e. The molecule has 1 aliphatic rings. The molecule has 3 heterocycles. The van der Waals surface area contributed by atoms with Gasteiger partial charge in [0.15, 0.2) is 11.6 Å². The highest BCUT2D eigenvalue weighted by molar-refractivity contribution is 7.19. The second-order valence-electron chi connectivity index (χ2n) is 6.39. The van der Waals surface area contributed by atoms with Gasteiger partial charge in [-0.2, -0.15) is 0 Å². The maximum absolute atomic E-state index is 5.99. The highest BCUT2D eigenvalue weighted by Gasteiger charge is 2.28. The summed E-state index contributed by atoms with van der Waals surface area (Å²) in [5.41, 5.74) is 5.04. The van der Waals surface area contributed by atoms with E-state index in [0.29, 0.717) is 24.2 Å². The molecule has 4 rings (SSSR count). The number of hydrogen-bond donors (Lipinski definition) is 2. The van der Waals surface area contributed by atoms with E-state index in [1.54, 1.807) is 11.3 Å². The van der Waals surface area contributed by atoms with Crippen LogP contribution in [0, 0.1) is 5.92 Å². The van der Waals surface area contributed by atoms with Crippen LogP contribution in [0.5, 0.6) is 0 Å². The molecule has 0 unspecified atom stereocenters. The third-order valence-electron chi connectivity index (χ3n) is 4.48. The lowest BCUT2D eigenvalue weighted by molar-refractivity contribution is 0.00203. The van der Waals surface area contributed by atoms with Crippen LogP contribution in [0.4, 0.5) is 5.82 Å². The number of thiophene rings is 1. The van der Waals surface area contributed by atoms with Crippen LogP contribution in [0.2, 0.25) is 0 Å². The molecule has 0 radical (unpaired) electrons. The van der Waals surface area contributed by atoms with Crippen molar-refractivity contribution in [2.24, 2.45) is 11.8 Å². The second-order valence-corrected chi connectivity index (χ2v) is 7.47. The first-order valence-corrected chi connectivity index (χ1v) is 8.95. The fraction of sp³-hybridized carbons (Fsp3) is 0.333. The van der Waals surface area contributed by atoms with E-state index in [1.807, 2.05) is 30.3 Å². The quantitative estimate of drug-likeness (QED) is 0.561. The molecule has 24 heavy (non-hydrogen) atoms. The van der Waals surface area contributed by atoms with Crippen LogP contribution in [0.15, 0.2) is 30.3 Å². The van der Waals surface area contributed by atoms with E-state index in [4.69, 9.17) is 15.6 Å². The van der Waals surface area contributed by atoms with Gasteiger partial charge in [-0.3, -0.25) is 0 Å². The van der Waals surface area contributed by atoms with Gasteiger partial charge >= 0.3 is 0 Å². The van der Waals surface area contributed by atoms with Crippen molar-refractivity contribution in [3.05, 3.63) is 40.8 Å². The summed E-state index contributed by atoms with van der Waals surface area (Å²) < 4.78 is 5.99. The summed E-state index contributed by atoms with van der Waals surface area (Å²) in [4.78, 5) is 11.6. The average Bonchev–Trinajstić information content (AvgIpc) is 2.99. The Morgan fingerprint density at radius 3 is 2.75 bits per heavy atom. The van der Waals surface area contributed by atoms with Crippen molar-refractivity contribution in [3.63, 3.8) is 0 Å². The van der Waals surface area contributed by atoms with Crippen LogP contribution in [0.3, 0.4) is 0 Å². The summed E-state index contributed by atoms with van der Waals surface area (Å²) in [5, 5.41) is 1.05. The molecule has 0 spiro atoms. The molecular weight excluding hydrogens is 320 g/mol. The number of fused-ring (bicyclic) bond motifs is 3. The minimum atomic E-state index is 0.231. The van der Waals surface area contributed by atoms with Crippen molar-refractivity contribution >= 4 is 27.4 Å². The zero-order valence-electron chi connectivity index (χ0n) is 13.7. The van der Waals surface area contributed by atoms with E-state index in [0.717, 1.165) is 22.2 Å². The van der Waals surface area contributed by atoms with Gasteiger partial charge in [0, 0.05) is 16.9 Å². The molecule has 1 aliphatic heterocycles. The van der Waals surface area contributed by atoms with Gasteiger partial charge in [-0.25, -0.2) is 15.8 Å². The van der Waals surface area contributed by atoms with Crippen molar-refractivity contribution in [3.8, 4) is 11.4 Å². The van der Waals surface area contributed by atoms with E-state index < -0.39 is 0 Å². The van der Waals surface area contributed by atoms with E-state index in [1.165, 1.54) is 10.4 Å². The summed E-state index contributed by atoms with van der Waals surface area (Å²) in [6.07, 6.45) is 1.12. The lowest BCUT2D eigenvalue weighted by Crippen LogP contribution is -2.26. The van der Waals surface area contributed by atoms with Crippen LogP contribution >= 0.6 is 11.3 Å². The summed E-state index contributed by atoms with van der Waals surface area (Å²) in [7, 11) is 0. The minimum absolute atomic E-state index is 0.231. The van der Waals surface area contributed by atoms with Gasteiger partial charge in [0.2, 0.25) is 0 Å². The maximum atomic E-state index is 5.99. The minimum Gasteiger partial charge on any atom is -0.372 e. The standard InChI is InChI=1S/C18H20N4OS/c1-10(2)13-8-12-14(9-23-13)24-18-15(12)17(22-19)20-16(21-18)11-6-4-3-5-7-11/h3-7,10,13H,8-9,19H2,1-2H3,(H,20,21,22)/t13-/m1/s1. The third kappa shape index (κ3) is 2.56. The summed E-state index contributed by atoms with van der Waals surface area (Å²) in [5.74, 6) is 7.65. The number of aromatic nitrogens is 2. The molecule has 5 nitrogen and oxygen atoms in total. The lowest BCUT2D eigenvalue weighted by Gasteiger charge is -2.26.